The summed E-state index contributed by atoms with van der Waals surface area (Å²) in [7, 11) is 0. The molecule has 0 aromatic heterocycles. The Hall–Kier alpha value is -2.00. The van der Waals surface area contributed by atoms with E-state index in [4.69, 9.17) is 5.11 Å². The van der Waals surface area contributed by atoms with Crippen LogP contribution in [0.25, 0.3) is 21.5 Å². The molecule has 0 atom stereocenters. The van der Waals surface area contributed by atoms with Gasteiger partial charge in [-0.2, -0.15) is 0 Å². The molecule has 18 heavy (non-hydrogen) atoms. The van der Waals surface area contributed by atoms with Gasteiger partial charge in [-0.25, -0.2) is 4.79 Å². The van der Waals surface area contributed by atoms with Gasteiger partial charge >= 0.3 is 5.30 Å². The monoisotopic (exact) mass is 254 g/mol. The van der Waals surface area contributed by atoms with Gasteiger partial charge in [-0.15, -0.1) is 0 Å². The van der Waals surface area contributed by atoms with Crippen LogP contribution >= 0.6 is 11.8 Å². The molecule has 0 spiro atoms. The molecule has 3 aromatic rings. The van der Waals surface area contributed by atoms with E-state index in [1.807, 2.05) is 36.4 Å². The summed E-state index contributed by atoms with van der Waals surface area (Å²) in [5, 5.41) is 12.4. The number of carbonyl (C=O) groups is 1. The van der Waals surface area contributed by atoms with Crippen molar-refractivity contribution in [3.05, 3.63) is 54.6 Å². The molecule has 0 heterocycles. The van der Waals surface area contributed by atoms with Gasteiger partial charge in [0.25, 0.3) is 0 Å². The third-order valence-corrected chi connectivity index (χ3v) is 3.65. The lowest BCUT2D eigenvalue weighted by Crippen LogP contribution is -1.85. The summed E-state index contributed by atoms with van der Waals surface area (Å²) in [5.74, 6) is 0. The quantitative estimate of drug-likeness (QED) is 0.502. The summed E-state index contributed by atoms with van der Waals surface area (Å²) in [6, 6.07) is 18.0. The molecule has 0 radical (unpaired) electrons. The Morgan fingerprint density at radius 3 is 2.28 bits per heavy atom. The zero-order valence-electron chi connectivity index (χ0n) is 9.46. The van der Waals surface area contributed by atoms with Gasteiger partial charge in [-0.3, -0.25) is 0 Å². The average Bonchev–Trinajstić information content (AvgIpc) is 2.36. The first-order chi connectivity index (χ1) is 8.74. The first-order valence-electron chi connectivity index (χ1n) is 5.56. The molecule has 3 heteroatoms. The molecule has 0 aliphatic rings. The maximum absolute atomic E-state index is 10.8. The van der Waals surface area contributed by atoms with Crippen molar-refractivity contribution in [2.24, 2.45) is 0 Å². The molecule has 0 amide bonds. The van der Waals surface area contributed by atoms with Crippen LogP contribution in [0.3, 0.4) is 0 Å². The number of fused-ring (bicyclic) bond motifs is 2. The fourth-order valence-electron chi connectivity index (χ4n) is 2.12. The standard InChI is InChI=1S/C15H10O2S/c16-15(17)18-14-7-3-6-12-8-10-4-1-2-5-11(10)9-13(12)14/h1-9H,(H,16,17). The zero-order chi connectivity index (χ0) is 12.5. The van der Waals surface area contributed by atoms with Crippen LogP contribution in [0, 0.1) is 0 Å². The van der Waals surface area contributed by atoms with Crippen LogP contribution in [0.15, 0.2) is 59.5 Å². The van der Waals surface area contributed by atoms with Crippen molar-refractivity contribution >= 4 is 38.6 Å². The van der Waals surface area contributed by atoms with Gasteiger partial charge in [0.05, 0.1) is 0 Å². The highest BCUT2D eigenvalue weighted by atomic mass is 32.2. The van der Waals surface area contributed by atoms with Gasteiger partial charge in [0.2, 0.25) is 0 Å². The predicted molar refractivity (Wildman–Crippen MR) is 75.3 cm³/mol. The van der Waals surface area contributed by atoms with Crippen molar-refractivity contribution in [1.82, 2.24) is 0 Å². The van der Waals surface area contributed by atoms with Crippen LogP contribution in [0.2, 0.25) is 0 Å². The van der Waals surface area contributed by atoms with Crippen molar-refractivity contribution in [3.63, 3.8) is 0 Å². The second kappa shape index (κ2) is 4.35. The summed E-state index contributed by atoms with van der Waals surface area (Å²) in [6.07, 6.45) is 0. The lowest BCUT2D eigenvalue weighted by Gasteiger charge is -2.06. The van der Waals surface area contributed by atoms with E-state index >= 15 is 0 Å². The molecule has 0 aliphatic carbocycles. The highest BCUT2D eigenvalue weighted by Gasteiger charge is 2.07. The van der Waals surface area contributed by atoms with Gasteiger partial charge in [-0.05, 0) is 51.5 Å². The van der Waals surface area contributed by atoms with Crippen LogP contribution in [-0.2, 0) is 0 Å². The SMILES string of the molecule is O=C(O)Sc1cccc2cc3ccccc3cc12. The zero-order valence-corrected chi connectivity index (χ0v) is 10.3. The molecule has 0 aliphatic heterocycles. The molecule has 2 nitrogen and oxygen atoms in total. The number of benzene rings is 3. The number of hydrogen-bond donors (Lipinski definition) is 1. The molecule has 0 unspecified atom stereocenters. The number of carboxylic acid groups (broad SMARTS) is 1. The molecule has 3 aromatic carbocycles. The first-order valence-corrected chi connectivity index (χ1v) is 6.38. The van der Waals surface area contributed by atoms with Gasteiger partial charge in [0, 0.05) is 4.90 Å². The Balaban J connectivity index is 2.32. The molecule has 88 valence electrons. The van der Waals surface area contributed by atoms with E-state index in [1.165, 1.54) is 5.39 Å². The summed E-state index contributed by atoms with van der Waals surface area (Å²) in [6.45, 7) is 0. The Morgan fingerprint density at radius 2 is 1.56 bits per heavy atom. The van der Waals surface area contributed by atoms with Crippen molar-refractivity contribution in [1.29, 1.82) is 0 Å². The fourth-order valence-corrected chi connectivity index (χ4v) is 2.74. The van der Waals surface area contributed by atoms with Crippen molar-refractivity contribution in [2.75, 3.05) is 0 Å². The second-order valence-corrected chi connectivity index (χ2v) is 5.04. The summed E-state index contributed by atoms with van der Waals surface area (Å²) < 4.78 is 0. The lowest BCUT2D eigenvalue weighted by molar-refractivity contribution is 0.222. The first kappa shape index (κ1) is 11.1. The number of thioether (sulfide) groups is 1. The molecule has 0 fully saturated rings. The van der Waals surface area contributed by atoms with E-state index in [0.29, 0.717) is 0 Å². The van der Waals surface area contributed by atoms with Gasteiger partial charge in [0.15, 0.2) is 0 Å². The van der Waals surface area contributed by atoms with E-state index in [9.17, 15) is 4.79 Å². The molecule has 3 rings (SSSR count). The maximum Gasteiger partial charge on any atom is 0.369 e. The number of hydrogen-bond acceptors (Lipinski definition) is 2. The average molecular weight is 254 g/mol. The molecular formula is C15H10O2S. The Kier molecular flexibility index (Phi) is 2.68. The summed E-state index contributed by atoms with van der Waals surface area (Å²) in [5.41, 5.74) is 0. The van der Waals surface area contributed by atoms with Gasteiger partial charge < -0.3 is 5.11 Å². The Bertz CT molecular complexity index is 750. The minimum absolute atomic E-state index is 0.783. The van der Waals surface area contributed by atoms with Gasteiger partial charge in [-0.1, -0.05) is 36.4 Å². The minimum Gasteiger partial charge on any atom is -0.473 e. The molecular weight excluding hydrogens is 244 g/mol. The topological polar surface area (TPSA) is 37.3 Å². The predicted octanol–water partition coefficient (Wildman–Crippen LogP) is 4.76. The minimum atomic E-state index is -0.879. The molecule has 0 bridgehead atoms. The van der Waals surface area contributed by atoms with E-state index in [-0.39, 0.29) is 0 Å². The maximum atomic E-state index is 10.8. The largest absolute Gasteiger partial charge is 0.473 e. The second-order valence-electron chi connectivity index (χ2n) is 4.04. The summed E-state index contributed by atoms with van der Waals surface area (Å²) >= 11 is 0.853. The van der Waals surface area contributed by atoms with E-state index in [2.05, 4.69) is 18.2 Å². The van der Waals surface area contributed by atoms with E-state index < -0.39 is 5.30 Å². The molecule has 0 saturated heterocycles. The van der Waals surface area contributed by atoms with Crippen molar-refractivity contribution in [3.8, 4) is 0 Å². The smallest absolute Gasteiger partial charge is 0.369 e. The van der Waals surface area contributed by atoms with Crippen LogP contribution < -0.4 is 0 Å². The Morgan fingerprint density at radius 1 is 0.889 bits per heavy atom. The normalized spacial score (nSPS) is 10.9. The third kappa shape index (κ3) is 1.93. The number of rotatable bonds is 1. The fraction of sp³-hybridized carbons (Fsp3) is 0. The van der Waals surface area contributed by atoms with E-state index in [0.717, 1.165) is 32.8 Å². The molecule has 0 saturated carbocycles. The van der Waals surface area contributed by atoms with E-state index in [1.54, 1.807) is 0 Å². The summed E-state index contributed by atoms with van der Waals surface area (Å²) in [4.78, 5) is 11.6. The highest BCUT2D eigenvalue weighted by molar-refractivity contribution is 8.13. The van der Waals surface area contributed by atoms with Crippen LogP contribution in [0.5, 0.6) is 0 Å². The van der Waals surface area contributed by atoms with Crippen LogP contribution in [0.1, 0.15) is 0 Å². The van der Waals surface area contributed by atoms with Crippen LogP contribution in [-0.4, -0.2) is 10.4 Å². The van der Waals surface area contributed by atoms with Gasteiger partial charge in [0.1, 0.15) is 0 Å². The Labute approximate surface area is 108 Å². The molecule has 1 N–H and O–H groups in total. The van der Waals surface area contributed by atoms with Crippen LogP contribution in [0.4, 0.5) is 4.79 Å². The highest BCUT2D eigenvalue weighted by Crippen LogP contribution is 2.31. The third-order valence-electron chi connectivity index (χ3n) is 2.90. The lowest BCUT2D eigenvalue weighted by atomic mass is 10.0. The van der Waals surface area contributed by atoms with Crippen molar-refractivity contribution in [2.45, 2.75) is 4.90 Å². The van der Waals surface area contributed by atoms with Crippen molar-refractivity contribution < 1.29 is 9.90 Å².